The van der Waals surface area contributed by atoms with E-state index in [1.165, 1.54) is 20.0 Å². The number of methoxy groups -OCH3 is 1. The van der Waals surface area contributed by atoms with Gasteiger partial charge < -0.3 is 15.2 Å². The maximum Gasteiger partial charge on any atom is 0.317 e. The number of carbonyl (C=O) groups is 2. The smallest absolute Gasteiger partial charge is 0.317 e. The third-order valence-corrected chi connectivity index (χ3v) is 5.08. The van der Waals surface area contributed by atoms with E-state index in [1.54, 1.807) is 0 Å². The Morgan fingerprint density at radius 2 is 1.96 bits per heavy atom. The zero-order valence-corrected chi connectivity index (χ0v) is 14.6. The molecule has 0 heterocycles. The summed E-state index contributed by atoms with van der Waals surface area (Å²) in [6.07, 6.45) is 3.40. The molecule has 25 heavy (non-hydrogen) atoms. The number of nitrogens with zero attached hydrogens (tertiary/aromatic N) is 1. The van der Waals surface area contributed by atoms with Gasteiger partial charge in [0.05, 0.1) is 6.54 Å². The number of benzene rings is 1. The first kappa shape index (κ1) is 17.9. The van der Waals surface area contributed by atoms with Crippen LogP contribution in [0.4, 0.5) is 0 Å². The fraction of sp³-hybridized carbons (Fsp3) is 0.579. The Kier molecular flexibility index (Phi) is 5.71. The van der Waals surface area contributed by atoms with Crippen LogP contribution in [0.25, 0.3) is 0 Å². The minimum absolute atomic E-state index is 0.0898. The molecular formula is C19H26N2O4. The van der Waals surface area contributed by atoms with Crippen molar-refractivity contribution in [2.24, 2.45) is 5.92 Å². The summed E-state index contributed by atoms with van der Waals surface area (Å²) >= 11 is 0. The highest BCUT2D eigenvalue weighted by atomic mass is 16.5. The average molecular weight is 346 g/mol. The van der Waals surface area contributed by atoms with Crippen molar-refractivity contribution in [2.45, 2.75) is 43.9 Å². The van der Waals surface area contributed by atoms with Gasteiger partial charge >= 0.3 is 5.97 Å². The topological polar surface area (TPSA) is 78.9 Å². The highest BCUT2D eigenvalue weighted by Crippen LogP contribution is 2.34. The zero-order valence-electron chi connectivity index (χ0n) is 14.6. The lowest BCUT2D eigenvalue weighted by Crippen LogP contribution is -2.56. The largest absolute Gasteiger partial charge is 0.480 e. The molecule has 1 aromatic carbocycles. The van der Waals surface area contributed by atoms with Gasteiger partial charge in [0.1, 0.15) is 0 Å². The second-order valence-corrected chi connectivity index (χ2v) is 7.12. The Morgan fingerprint density at radius 1 is 1.28 bits per heavy atom. The summed E-state index contributed by atoms with van der Waals surface area (Å²) in [5, 5.41) is 12.1. The van der Waals surface area contributed by atoms with E-state index in [0.29, 0.717) is 5.92 Å². The van der Waals surface area contributed by atoms with Crippen molar-refractivity contribution in [3.63, 3.8) is 0 Å². The van der Waals surface area contributed by atoms with Crippen LogP contribution in [0.5, 0.6) is 0 Å². The summed E-state index contributed by atoms with van der Waals surface area (Å²) < 4.78 is 5.36. The number of carboxylic acids is 1. The van der Waals surface area contributed by atoms with E-state index in [4.69, 9.17) is 9.84 Å². The summed E-state index contributed by atoms with van der Waals surface area (Å²) in [7, 11) is 1.53. The molecule has 6 nitrogen and oxygen atoms in total. The van der Waals surface area contributed by atoms with Gasteiger partial charge in [-0.1, -0.05) is 30.3 Å². The molecule has 1 atom stereocenters. The molecule has 136 valence electrons. The minimum Gasteiger partial charge on any atom is -0.480 e. The molecule has 0 bridgehead atoms. The zero-order chi connectivity index (χ0) is 17.8. The Bertz CT molecular complexity index is 597. The van der Waals surface area contributed by atoms with E-state index in [2.05, 4.69) is 10.2 Å². The van der Waals surface area contributed by atoms with Gasteiger partial charge in [-0.2, -0.15) is 0 Å². The molecule has 1 aromatic rings. The second-order valence-electron chi connectivity index (χ2n) is 7.12. The van der Waals surface area contributed by atoms with Gasteiger partial charge in [-0.15, -0.1) is 0 Å². The van der Waals surface area contributed by atoms with E-state index < -0.39 is 12.1 Å². The van der Waals surface area contributed by atoms with Crippen molar-refractivity contribution in [2.75, 3.05) is 20.2 Å². The summed E-state index contributed by atoms with van der Waals surface area (Å²) in [5.41, 5.74) is 0.833. The van der Waals surface area contributed by atoms with Gasteiger partial charge in [0.2, 0.25) is 0 Å². The first-order chi connectivity index (χ1) is 12.1. The van der Waals surface area contributed by atoms with Gasteiger partial charge in [0.15, 0.2) is 6.10 Å². The Labute approximate surface area is 148 Å². The van der Waals surface area contributed by atoms with Gasteiger partial charge in [0, 0.05) is 25.7 Å². The maximum atomic E-state index is 12.5. The van der Waals surface area contributed by atoms with Crippen molar-refractivity contribution in [3.8, 4) is 0 Å². The van der Waals surface area contributed by atoms with Gasteiger partial charge in [0.25, 0.3) is 5.91 Å². The number of rotatable bonds is 9. The van der Waals surface area contributed by atoms with E-state index in [9.17, 15) is 9.59 Å². The Hall–Kier alpha value is -1.92. The van der Waals surface area contributed by atoms with Crippen LogP contribution in [0.15, 0.2) is 30.3 Å². The molecule has 2 N–H and O–H groups in total. The lowest BCUT2D eigenvalue weighted by atomic mass is 9.85. The van der Waals surface area contributed by atoms with Gasteiger partial charge in [-0.05, 0) is 37.2 Å². The third kappa shape index (κ3) is 4.80. The van der Waals surface area contributed by atoms with Crippen molar-refractivity contribution >= 4 is 11.9 Å². The van der Waals surface area contributed by atoms with Crippen LogP contribution in [0.1, 0.15) is 37.4 Å². The van der Waals surface area contributed by atoms with Crippen LogP contribution < -0.4 is 5.32 Å². The second kappa shape index (κ2) is 7.97. The van der Waals surface area contributed by atoms with Gasteiger partial charge in [-0.25, -0.2) is 0 Å². The molecule has 0 spiro atoms. The monoisotopic (exact) mass is 346 g/mol. The van der Waals surface area contributed by atoms with E-state index in [-0.39, 0.29) is 24.5 Å². The molecule has 2 aliphatic rings. The van der Waals surface area contributed by atoms with Crippen LogP contribution in [0.2, 0.25) is 0 Å². The molecule has 1 amide bonds. The SMILES string of the molecule is COC(C(=O)NC1CC(N(CC(=O)O)CC2CC2)C1)c1ccccc1. The van der Waals surface area contributed by atoms with Crippen LogP contribution in [-0.4, -0.2) is 54.2 Å². The highest BCUT2D eigenvalue weighted by Gasteiger charge is 2.38. The number of amides is 1. The predicted molar refractivity (Wildman–Crippen MR) is 93.1 cm³/mol. The number of hydrogen-bond donors (Lipinski definition) is 2. The van der Waals surface area contributed by atoms with Crippen LogP contribution in [-0.2, 0) is 14.3 Å². The first-order valence-corrected chi connectivity index (χ1v) is 8.90. The summed E-state index contributed by atoms with van der Waals surface area (Å²) in [5.74, 6) is -0.260. The molecule has 0 radical (unpaired) electrons. The first-order valence-electron chi connectivity index (χ1n) is 8.90. The number of nitrogens with one attached hydrogen (secondary N) is 1. The lowest BCUT2D eigenvalue weighted by molar-refractivity contribution is -0.140. The van der Waals surface area contributed by atoms with Crippen molar-refractivity contribution in [3.05, 3.63) is 35.9 Å². The molecule has 0 aromatic heterocycles. The molecule has 2 fully saturated rings. The summed E-state index contributed by atoms with van der Waals surface area (Å²) in [6, 6.07) is 9.77. The van der Waals surface area contributed by atoms with Crippen LogP contribution in [0.3, 0.4) is 0 Å². The molecular weight excluding hydrogens is 320 g/mol. The Morgan fingerprint density at radius 3 is 2.52 bits per heavy atom. The molecule has 2 aliphatic carbocycles. The normalized spacial score (nSPS) is 23.8. The molecule has 1 unspecified atom stereocenters. The van der Waals surface area contributed by atoms with E-state index >= 15 is 0 Å². The maximum absolute atomic E-state index is 12.5. The third-order valence-electron chi connectivity index (χ3n) is 5.08. The number of hydrogen-bond acceptors (Lipinski definition) is 4. The molecule has 0 saturated heterocycles. The van der Waals surface area contributed by atoms with E-state index in [0.717, 1.165) is 24.9 Å². The van der Waals surface area contributed by atoms with Gasteiger partial charge in [-0.3, -0.25) is 14.5 Å². The highest BCUT2D eigenvalue weighted by molar-refractivity contribution is 5.82. The van der Waals surface area contributed by atoms with E-state index in [1.807, 2.05) is 30.3 Å². The number of carbonyl (C=O) groups excluding carboxylic acids is 1. The fourth-order valence-electron chi connectivity index (χ4n) is 3.45. The predicted octanol–water partition coefficient (Wildman–Crippen LogP) is 1.82. The molecule has 0 aliphatic heterocycles. The fourth-order valence-corrected chi connectivity index (χ4v) is 3.45. The number of ether oxygens (including phenoxy) is 1. The van der Waals surface area contributed by atoms with Crippen molar-refractivity contribution in [1.82, 2.24) is 10.2 Å². The standard InChI is InChI=1S/C19H26N2O4/c1-25-18(14-5-3-2-4-6-14)19(24)20-15-9-16(10-15)21(12-17(22)23)11-13-7-8-13/h2-6,13,15-16,18H,7-12H2,1H3,(H,20,24)(H,22,23). The van der Waals surface area contributed by atoms with Crippen molar-refractivity contribution in [1.29, 1.82) is 0 Å². The van der Waals surface area contributed by atoms with Crippen molar-refractivity contribution < 1.29 is 19.4 Å². The summed E-state index contributed by atoms with van der Waals surface area (Å²) in [6.45, 7) is 0.953. The van der Waals surface area contributed by atoms with Crippen LogP contribution in [0, 0.1) is 5.92 Å². The number of aliphatic carboxylic acids is 1. The number of carboxylic acid groups (broad SMARTS) is 1. The molecule has 3 rings (SSSR count). The van der Waals surface area contributed by atoms with Crippen LogP contribution >= 0.6 is 0 Å². The molecule has 6 heteroatoms. The Balaban J connectivity index is 1.49. The molecule has 2 saturated carbocycles. The average Bonchev–Trinajstić information content (AvgIpc) is 3.35. The quantitative estimate of drug-likeness (QED) is 0.713. The summed E-state index contributed by atoms with van der Waals surface area (Å²) in [4.78, 5) is 25.6. The minimum atomic E-state index is -0.781. The lowest BCUT2D eigenvalue weighted by Gasteiger charge is -2.43.